The Hall–Kier alpha value is -2.34. The lowest BCUT2D eigenvalue weighted by molar-refractivity contribution is 0.977. The highest BCUT2D eigenvalue weighted by molar-refractivity contribution is 6.32. The van der Waals surface area contributed by atoms with Crippen LogP contribution in [0.5, 0.6) is 0 Å². The van der Waals surface area contributed by atoms with Crippen LogP contribution in [0.25, 0.3) is 5.65 Å². The summed E-state index contributed by atoms with van der Waals surface area (Å²) in [7, 11) is 0. The van der Waals surface area contributed by atoms with Crippen molar-refractivity contribution in [1.82, 2.24) is 19.6 Å². The van der Waals surface area contributed by atoms with Gasteiger partial charge in [-0.05, 0) is 24.6 Å². The molecule has 0 aliphatic carbocycles. The van der Waals surface area contributed by atoms with E-state index in [-0.39, 0.29) is 5.02 Å². The van der Waals surface area contributed by atoms with Crippen LogP contribution < -0.4 is 10.9 Å². The van der Waals surface area contributed by atoms with Crippen molar-refractivity contribution < 1.29 is 0 Å². The lowest BCUT2D eigenvalue weighted by atomic mass is 10.3. The number of nitrogens with zero attached hydrogens (tertiary/aromatic N) is 3. The number of rotatable bonds is 3. The topological polar surface area (TPSA) is 75.1 Å². The standard InChI is InChI=1S/C13H12ClN5O/c1-8-2-3-19-7-9(17-11(19)4-8)5-15-10-6-16-18-13(20)12(10)14/h2-4,6-7H,5H2,1H3,(H2,15,18,20). The van der Waals surface area contributed by atoms with E-state index in [1.54, 1.807) is 0 Å². The first kappa shape index (κ1) is 12.7. The number of imidazole rings is 1. The third-order valence-electron chi connectivity index (χ3n) is 2.92. The molecule has 0 aliphatic rings. The molecule has 0 radical (unpaired) electrons. The number of hydrogen-bond donors (Lipinski definition) is 2. The van der Waals surface area contributed by atoms with Crippen LogP contribution in [-0.2, 0) is 6.54 Å². The Balaban J connectivity index is 1.83. The quantitative estimate of drug-likeness (QED) is 0.773. The van der Waals surface area contributed by atoms with Gasteiger partial charge in [-0.1, -0.05) is 11.6 Å². The van der Waals surface area contributed by atoms with Crippen LogP contribution >= 0.6 is 11.6 Å². The van der Waals surface area contributed by atoms with Gasteiger partial charge in [0.2, 0.25) is 0 Å². The SMILES string of the molecule is Cc1ccn2cc(CNc3cn[nH]c(=O)c3Cl)nc2c1. The third-order valence-corrected chi connectivity index (χ3v) is 3.30. The number of halogens is 1. The van der Waals surface area contributed by atoms with Gasteiger partial charge >= 0.3 is 0 Å². The fourth-order valence-corrected chi connectivity index (χ4v) is 2.07. The van der Waals surface area contributed by atoms with Gasteiger partial charge in [0.15, 0.2) is 0 Å². The highest BCUT2D eigenvalue weighted by Crippen LogP contribution is 2.16. The normalized spacial score (nSPS) is 10.9. The van der Waals surface area contributed by atoms with E-state index >= 15 is 0 Å². The Morgan fingerprint density at radius 1 is 1.50 bits per heavy atom. The van der Waals surface area contributed by atoms with Crippen molar-refractivity contribution >= 4 is 22.9 Å². The predicted octanol–water partition coefficient (Wildman–Crippen LogP) is 1.99. The second-order valence-corrected chi connectivity index (χ2v) is 4.86. The van der Waals surface area contributed by atoms with E-state index in [0.29, 0.717) is 12.2 Å². The molecule has 0 aromatic carbocycles. The third kappa shape index (κ3) is 2.37. The number of nitrogens with one attached hydrogen (secondary N) is 2. The Labute approximate surface area is 119 Å². The maximum Gasteiger partial charge on any atom is 0.285 e. The summed E-state index contributed by atoms with van der Waals surface area (Å²) in [5.74, 6) is 0. The minimum atomic E-state index is -0.415. The minimum absolute atomic E-state index is 0.0969. The Morgan fingerprint density at radius 2 is 2.35 bits per heavy atom. The van der Waals surface area contributed by atoms with Crippen LogP contribution in [-0.4, -0.2) is 19.6 Å². The van der Waals surface area contributed by atoms with Gasteiger partial charge in [0.25, 0.3) is 5.56 Å². The van der Waals surface area contributed by atoms with Crippen molar-refractivity contribution in [2.75, 3.05) is 5.32 Å². The van der Waals surface area contributed by atoms with E-state index in [0.717, 1.165) is 16.9 Å². The summed E-state index contributed by atoms with van der Waals surface area (Å²) in [5.41, 5.74) is 2.97. The number of hydrogen-bond acceptors (Lipinski definition) is 4. The second-order valence-electron chi connectivity index (χ2n) is 4.48. The maximum absolute atomic E-state index is 11.3. The minimum Gasteiger partial charge on any atom is -0.377 e. The van der Waals surface area contributed by atoms with Gasteiger partial charge in [-0.15, -0.1) is 0 Å². The molecule has 2 N–H and O–H groups in total. The molecule has 0 spiro atoms. The number of aromatic nitrogens is 4. The monoisotopic (exact) mass is 289 g/mol. The molecule has 102 valence electrons. The summed E-state index contributed by atoms with van der Waals surface area (Å²) in [6.07, 6.45) is 5.36. The molecule has 20 heavy (non-hydrogen) atoms. The molecule has 0 amide bonds. The molecule has 0 atom stereocenters. The summed E-state index contributed by atoms with van der Waals surface area (Å²) in [5, 5.41) is 9.12. The van der Waals surface area contributed by atoms with Gasteiger partial charge in [-0.25, -0.2) is 10.1 Å². The van der Waals surface area contributed by atoms with Crippen molar-refractivity contribution in [1.29, 1.82) is 0 Å². The fraction of sp³-hybridized carbons (Fsp3) is 0.154. The Morgan fingerprint density at radius 3 is 3.20 bits per heavy atom. The molecule has 0 aliphatic heterocycles. The van der Waals surface area contributed by atoms with Crippen molar-refractivity contribution in [3.05, 3.63) is 57.4 Å². The Kier molecular flexibility index (Phi) is 3.15. The molecular formula is C13H12ClN5O. The molecule has 3 aromatic rings. The maximum atomic E-state index is 11.3. The van der Waals surface area contributed by atoms with E-state index in [4.69, 9.17) is 11.6 Å². The zero-order valence-corrected chi connectivity index (χ0v) is 11.5. The summed E-state index contributed by atoms with van der Waals surface area (Å²) in [6.45, 7) is 2.49. The van der Waals surface area contributed by atoms with Crippen molar-refractivity contribution in [3.63, 3.8) is 0 Å². The van der Waals surface area contributed by atoms with Crippen LogP contribution in [0, 0.1) is 6.92 Å². The molecule has 3 aromatic heterocycles. The fourth-order valence-electron chi connectivity index (χ4n) is 1.91. The number of pyridine rings is 1. The van der Waals surface area contributed by atoms with Gasteiger partial charge in [-0.3, -0.25) is 4.79 Å². The van der Waals surface area contributed by atoms with E-state index in [9.17, 15) is 4.79 Å². The largest absolute Gasteiger partial charge is 0.377 e. The molecule has 0 bridgehead atoms. The van der Waals surface area contributed by atoms with Crippen molar-refractivity contribution in [2.24, 2.45) is 0 Å². The average molecular weight is 290 g/mol. The van der Waals surface area contributed by atoms with E-state index in [1.807, 2.05) is 35.9 Å². The number of anilines is 1. The first-order chi connectivity index (χ1) is 9.63. The molecule has 0 saturated carbocycles. The van der Waals surface area contributed by atoms with E-state index in [2.05, 4.69) is 20.5 Å². The summed E-state index contributed by atoms with van der Waals surface area (Å²) in [6, 6.07) is 4.02. The van der Waals surface area contributed by atoms with Gasteiger partial charge in [-0.2, -0.15) is 5.10 Å². The highest BCUT2D eigenvalue weighted by Gasteiger charge is 2.06. The van der Waals surface area contributed by atoms with Crippen LogP contribution in [0.3, 0.4) is 0 Å². The van der Waals surface area contributed by atoms with Crippen molar-refractivity contribution in [3.8, 4) is 0 Å². The Bertz CT molecular complexity index is 823. The average Bonchev–Trinajstić information content (AvgIpc) is 2.82. The highest BCUT2D eigenvalue weighted by atomic mass is 35.5. The zero-order chi connectivity index (χ0) is 14.1. The zero-order valence-electron chi connectivity index (χ0n) is 10.7. The van der Waals surface area contributed by atoms with E-state index < -0.39 is 5.56 Å². The number of aromatic amines is 1. The van der Waals surface area contributed by atoms with Crippen LogP contribution in [0.4, 0.5) is 5.69 Å². The first-order valence-corrected chi connectivity index (χ1v) is 6.42. The van der Waals surface area contributed by atoms with Crippen LogP contribution in [0.2, 0.25) is 5.02 Å². The van der Waals surface area contributed by atoms with Gasteiger partial charge in [0.1, 0.15) is 10.7 Å². The molecule has 3 heterocycles. The molecule has 0 fully saturated rings. The summed E-state index contributed by atoms with van der Waals surface area (Å²) < 4.78 is 1.95. The van der Waals surface area contributed by atoms with E-state index in [1.165, 1.54) is 6.20 Å². The van der Waals surface area contributed by atoms with Crippen molar-refractivity contribution in [2.45, 2.75) is 13.5 Å². The van der Waals surface area contributed by atoms with Gasteiger partial charge in [0.05, 0.1) is 24.1 Å². The molecule has 0 unspecified atom stereocenters. The molecule has 3 rings (SSSR count). The molecule has 6 nitrogen and oxygen atoms in total. The van der Waals surface area contributed by atoms with Gasteiger partial charge in [0, 0.05) is 12.4 Å². The van der Waals surface area contributed by atoms with Crippen LogP contribution in [0.1, 0.15) is 11.3 Å². The number of aryl methyl sites for hydroxylation is 1. The second kappa shape index (κ2) is 4.97. The number of fused-ring (bicyclic) bond motifs is 1. The molecular weight excluding hydrogens is 278 g/mol. The summed E-state index contributed by atoms with van der Waals surface area (Å²) in [4.78, 5) is 15.8. The molecule has 7 heteroatoms. The smallest absolute Gasteiger partial charge is 0.285 e. The first-order valence-electron chi connectivity index (χ1n) is 6.05. The number of H-pyrrole nitrogens is 1. The lowest BCUT2D eigenvalue weighted by Crippen LogP contribution is -2.11. The molecule has 0 saturated heterocycles. The summed E-state index contributed by atoms with van der Waals surface area (Å²) >= 11 is 5.89. The lowest BCUT2D eigenvalue weighted by Gasteiger charge is -2.04. The predicted molar refractivity (Wildman–Crippen MR) is 77.1 cm³/mol. The van der Waals surface area contributed by atoms with Crippen LogP contribution in [0.15, 0.2) is 35.5 Å². The van der Waals surface area contributed by atoms with Gasteiger partial charge < -0.3 is 9.72 Å².